The van der Waals surface area contributed by atoms with Crippen molar-refractivity contribution in [2.75, 3.05) is 26.2 Å². The lowest BCUT2D eigenvalue weighted by Gasteiger charge is -2.32. The van der Waals surface area contributed by atoms with E-state index < -0.39 is 36.5 Å². The first-order valence-corrected chi connectivity index (χ1v) is 10.1. The van der Waals surface area contributed by atoms with Gasteiger partial charge in [-0.05, 0) is 38.5 Å². The molecule has 0 aromatic heterocycles. The molecule has 8 N–H and O–H groups in total. The van der Waals surface area contributed by atoms with E-state index in [0.29, 0.717) is 58.2 Å². The van der Waals surface area contributed by atoms with Crippen molar-refractivity contribution in [1.29, 1.82) is 0 Å². The SMILES string of the molecule is NC(N)=NCCCC(N)C(=O)N1CCCC1C(=O)N1CCCC1C(=O)NCC(=O)O. The molecule has 168 valence electrons. The first-order valence-electron chi connectivity index (χ1n) is 10.1. The van der Waals surface area contributed by atoms with Gasteiger partial charge in [0.25, 0.3) is 0 Å². The Morgan fingerprint density at radius 2 is 1.70 bits per heavy atom. The standard InChI is InChI=1S/C18H31N7O5/c19-11(4-1-7-22-18(20)21)16(29)25-9-3-6-13(25)17(30)24-8-2-5-12(24)15(28)23-10-14(26)27/h11-13H,1-10,19H2,(H,23,28)(H,26,27)(H4,20,21,22). The van der Waals surface area contributed by atoms with Gasteiger partial charge in [-0.1, -0.05) is 0 Å². The summed E-state index contributed by atoms with van der Waals surface area (Å²) in [6.07, 6.45) is 3.20. The number of carbonyl (C=O) groups is 4. The second-order valence-electron chi connectivity index (χ2n) is 7.55. The molecule has 2 rings (SSSR count). The maximum absolute atomic E-state index is 13.1. The maximum Gasteiger partial charge on any atom is 0.322 e. The molecule has 3 amide bonds. The molecule has 2 saturated heterocycles. The van der Waals surface area contributed by atoms with Gasteiger partial charge in [-0.3, -0.25) is 24.2 Å². The number of hydrogen-bond acceptors (Lipinski definition) is 6. The van der Waals surface area contributed by atoms with Gasteiger partial charge in [-0.25, -0.2) is 0 Å². The molecule has 0 aromatic rings. The van der Waals surface area contributed by atoms with E-state index in [4.69, 9.17) is 22.3 Å². The number of aliphatic carboxylic acids is 1. The normalized spacial score (nSPS) is 21.9. The molecule has 2 heterocycles. The number of carboxylic acids is 1. The zero-order chi connectivity index (χ0) is 22.3. The summed E-state index contributed by atoms with van der Waals surface area (Å²) in [5, 5.41) is 11.1. The van der Waals surface area contributed by atoms with E-state index in [1.54, 1.807) is 0 Å². The van der Waals surface area contributed by atoms with Crippen LogP contribution < -0.4 is 22.5 Å². The van der Waals surface area contributed by atoms with Crippen LogP contribution in [0.1, 0.15) is 38.5 Å². The van der Waals surface area contributed by atoms with E-state index in [-0.39, 0.29) is 17.8 Å². The third-order valence-electron chi connectivity index (χ3n) is 5.36. The Hall–Kier alpha value is -2.89. The van der Waals surface area contributed by atoms with Gasteiger partial charge in [0.05, 0.1) is 6.04 Å². The van der Waals surface area contributed by atoms with Crippen molar-refractivity contribution in [3.05, 3.63) is 0 Å². The number of amides is 3. The summed E-state index contributed by atoms with van der Waals surface area (Å²) in [6.45, 7) is 0.695. The summed E-state index contributed by atoms with van der Waals surface area (Å²) in [5.41, 5.74) is 16.6. The molecule has 2 aliphatic rings. The quantitative estimate of drug-likeness (QED) is 0.152. The van der Waals surface area contributed by atoms with Gasteiger partial charge in [-0.2, -0.15) is 0 Å². The number of carbonyl (C=O) groups excluding carboxylic acids is 3. The number of likely N-dealkylation sites (tertiary alicyclic amines) is 2. The lowest BCUT2D eigenvalue weighted by molar-refractivity contribution is -0.147. The number of rotatable bonds is 9. The van der Waals surface area contributed by atoms with Gasteiger partial charge in [-0.15, -0.1) is 0 Å². The van der Waals surface area contributed by atoms with Crippen molar-refractivity contribution in [3.8, 4) is 0 Å². The largest absolute Gasteiger partial charge is 0.480 e. The lowest BCUT2D eigenvalue weighted by atomic mass is 10.1. The molecule has 2 aliphatic heterocycles. The summed E-state index contributed by atoms with van der Waals surface area (Å²) in [4.78, 5) is 55.7. The summed E-state index contributed by atoms with van der Waals surface area (Å²) in [5.74, 6) is -2.26. The van der Waals surface area contributed by atoms with Gasteiger partial charge in [0.2, 0.25) is 17.7 Å². The van der Waals surface area contributed by atoms with Crippen LogP contribution >= 0.6 is 0 Å². The molecule has 30 heavy (non-hydrogen) atoms. The second kappa shape index (κ2) is 10.8. The molecule has 0 aromatic carbocycles. The minimum Gasteiger partial charge on any atom is -0.480 e. The van der Waals surface area contributed by atoms with Crippen molar-refractivity contribution >= 4 is 29.7 Å². The Bertz CT molecular complexity index is 694. The second-order valence-corrected chi connectivity index (χ2v) is 7.55. The van der Waals surface area contributed by atoms with Gasteiger partial charge in [0.1, 0.15) is 18.6 Å². The van der Waals surface area contributed by atoms with Crippen LogP contribution in [0.15, 0.2) is 4.99 Å². The van der Waals surface area contributed by atoms with Crippen molar-refractivity contribution in [3.63, 3.8) is 0 Å². The number of nitrogens with zero attached hydrogens (tertiary/aromatic N) is 3. The number of nitrogens with two attached hydrogens (primary N) is 3. The van der Waals surface area contributed by atoms with Gasteiger partial charge in [0, 0.05) is 19.6 Å². The summed E-state index contributed by atoms with van der Waals surface area (Å²) in [6, 6.07) is -2.14. The first-order chi connectivity index (χ1) is 14.2. The van der Waals surface area contributed by atoms with Crippen LogP contribution in [0.2, 0.25) is 0 Å². The highest BCUT2D eigenvalue weighted by atomic mass is 16.4. The predicted molar refractivity (Wildman–Crippen MR) is 108 cm³/mol. The number of carboxylic acid groups (broad SMARTS) is 1. The smallest absolute Gasteiger partial charge is 0.322 e. The fourth-order valence-corrected chi connectivity index (χ4v) is 3.92. The van der Waals surface area contributed by atoms with Crippen LogP contribution in [-0.2, 0) is 19.2 Å². The fraction of sp³-hybridized carbons (Fsp3) is 0.722. The van der Waals surface area contributed by atoms with Gasteiger partial charge < -0.3 is 37.4 Å². The van der Waals surface area contributed by atoms with Crippen LogP contribution in [0.4, 0.5) is 0 Å². The molecule has 0 bridgehead atoms. The third-order valence-corrected chi connectivity index (χ3v) is 5.36. The zero-order valence-corrected chi connectivity index (χ0v) is 17.0. The van der Waals surface area contributed by atoms with Gasteiger partial charge >= 0.3 is 5.97 Å². The van der Waals surface area contributed by atoms with Crippen molar-refractivity contribution in [1.82, 2.24) is 15.1 Å². The molecule has 0 radical (unpaired) electrons. The topological polar surface area (TPSA) is 197 Å². The maximum atomic E-state index is 13.1. The number of nitrogens with one attached hydrogen (secondary N) is 1. The molecule has 3 atom stereocenters. The van der Waals surface area contributed by atoms with Crippen LogP contribution in [-0.4, -0.2) is 88.9 Å². The van der Waals surface area contributed by atoms with Crippen molar-refractivity contribution in [2.45, 2.75) is 56.7 Å². The Balaban J connectivity index is 1.97. The van der Waals surface area contributed by atoms with Crippen LogP contribution in [0.3, 0.4) is 0 Å². The highest BCUT2D eigenvalue weighted by molar-refractivity contribution is 5.94. The first kappa shape index (κ1) is 23.4. The molecule has 2 fully saturated rings. The van der Waals surface area contributed by atoms with Crippen LogP contribution in [0, 0.1) is 0 Å². The summed E-state index contributed by atoms with van der Waals surface area (Å²) in [7, 11) is 0. The van der Waals surface area contributed by atoms with E-state index in [1.165, 1.54) is 9.80 Å². The Morgan fingerprint density at radius 1 is 1.07 bits per heavy atom. The molecular formula is C18H31N7O5. The summed E-state index contributed by atoms with van der Waals surface area (Å²) >= 11 is 0. The van der Waals surface area contributed by atoms with Crippen molar-refractivity contribution < 1.29 is 24.3 Å². The van der Waals surface area contributed by atoms with Crippen molar-refractivity contribution in [2.24, 2.45) is 22.2 Å². The average Bonchev–Trinajstić information content (AvgIpc) is 3.37. The molecule has 0 aliphatic carbocycles. The Labute approximate surface area is 174 Å². The fourth-order valence-electron chi connectivity index (χ4n) is 3.92. The van der Waals surface area contributed by atoms with Crippen LogP contribution in [0.5, 0.6) is 0 Å². The van der Waals surface area contributed by atoms with E-state index in [1.807, 2.05) is 0 Å². The summed E-state index contributed by atoms with van der Waals surface area (Å²) < 4.78 is 0. The minimum atomic E-state index is -1.15. The zero-order valence-electron chi connectivity index (χ0n) is 17.0. The van der Waals surface area contributed by atoms with Gasteiger partial charge in [0.15, 0.2) is 5.96 Å². The molecular weight excluding hydrogens is 394 g/mol. The lowest BCUT2D eigenvalue weighted by Crippen LogP contribution is -2.55. The molecule has 12 heteroatoms. The Kier molecular flexibility index (Phi) is 8.39. The minimum absolute atomic E-state index is 0.0207. The average molecular weight is 425 g/mol. The monoisotopic (exact) mass is 425 g/mol. The predicted octanol–water partition coefficient (Wildman–Crippen LogP) is -2.45. The van der Waals surface area contributed by atoms with Crippen LogP contribution in [0.25, 0.3) is 0 Å². The number of guanidine groups is 1. The van der Waals surface area contributed by atoms with E-state index in [0.717, 1.165) is 0 Å². The number of aliphatic imine (C=N–C) groups is 1. The number of hydrogen-bond donors (Lipinski definition) is 5. The highest BCUT2D eigenvalue weighted by Gasteiger charge is 2.42. The molecule has 0 saturated carbocycles. The molecule has 12 nitrogen and oxygen atoms in total. The highest BCUT2D eigenvalue weighted by Crippen LogP contribution is 2.25. The molecule has 0 spiro atoms. The van der Waals surface area contributed by atoms with E-state index in [2.05, 4.69) is 10.3 Å². The molecule has 3 unspecified atom stereocenters. The Morgan fingerprint density at radius 3 is 2.33 bits per heavy atom. The third kappa shape index (κ3) is 6.05. The van der Waals surface area contributed by atoms with E-state index >= 15 is 0 Å². The van der Waals surface area contributed by atoms with E-state index in [9.17, 15) is 19.2 Å².